The molecule has 0 N–H and O–H groups in total. The molecule has 0 saturated heterocycles. The van der Waals surface area contributed by atoms with Crippen LogP contribution in [-0.4, -0.2) is 25.5 Å². The first-order valence-electron chi connectivity index (χ1n) is 6.46. The molecule has 1 aromatic heterocycles. The summed E-state index contributed by atoms with van der Waals surface area (Å²) >= 11 is 0. The van der Waals surface area contributed by atoms with Crippen molar-refractivity contribution in [1.29, 1.82) is 0 Å². The number of halogens is 1. The van der Waals surface area contributed by atoms with Crippen molar-refractivity contribution in [3.8, 4) is 5.69 Å². The highest BCUT2D eigenvalue weighted by Gasteiger charge is 2.15. The van der Waals surface area contributed by atoms with Crippen LogP contribution >= 0.6 is 0 Å². The molecule has 0 spiro atoms. The zero-order valence-corrected chi connectivity index (χ0v) is 12.1. The Morgan fingerprint density at radius 3 is 2.81 bits per heavy atom. The zero-order valence-electron chi connectivity index (χ0n) is 12.1. The van der Waals surface area contributed by atoms with Crippen molar-refractivity contribution in [2.24, 2.45) is 12.2 Å². The molecule has 8 heteroatoms. The number of rotatable bonds is 5. The smallest absolute Gasteiger partial charge is 0.368 e. The average Bonchev–Trinajstić information content (AvgIpc) is 2.80. The van der Waals surface area contributed by atoms with Crippen LogP contribution in [0.1, 0.15) is 25.8 Å². The summed E-state index contributed by atoms with van der Waals surface area (Å²) in [4.78, 5) is 17.0. The minimum Gasteiger partial charge on any atom is -0.391 e. The molecule has 1 aromatic carbocycles. The van der Waals surface area contributed by atoms with Crippen molar-refractivity contribution in [2.75, 3.05) is 0 Å². The van der Waals surface area contributed by atoms with E-state index in [1.807, 2.05) is 13.8 Å². The van der Waals surface area contributed by atoms with Gasteiger partial charge in [-0.25, -0.2) is 9.18 Å². The maximum atomic E-state index is 14.0. The van der Waals surface area contributed by atoms with Gasteiger partial charge in [0, 0.05) is 7.05 Å². The summed E-state index contributed by atoms with van der Waals surface area (Å²) in [5.74, 6) is -0.491. The van der Waals surface area contributed by atoms with Gasteiger partial charge in [0.15, 0.2) is 0 Å². The largest absolute Gasteiger partial charge is 0.391 e. The van der Waals surface area contributed by atoms with Gasteiger partial charge in [0.05, 0.1) is 17.0 Å². The van der Waals surface area contributed by atoms with E-state index in [4.69, 9.17) is 4.84 Å². The number of hydrogen-bond donors (Lipinski definition) is 0. The van der Waals surface area contributed by atoms with Gasteiger partial charge in [-0.2, -0.15) is 9.36 Å². The zero-order chi connectivity index (χ0) is 15.4. The molecule has 112 valence electrons. The monoisotopic (exact) mass is 293 g/mol. The van der Waals surface area contributed by atoms with Crippen molar-refractivity contribution in [3.05, 3.63) is 40.1 Å². The van der Waals surface area contributed by atoms with Crippen LogP contribution in [0.2, 0.25) is 0 Å². The second-order valence-electron chi connectivity index (χ2n) is 4.49. The van der Waals surface area contributed by atoms with E-state index >= 15 is 0 Å². The molecule has 0 amide bonds. The first-order valence-corrected chi connectivity index (χ1v) is 6.46. The minimum absolute atomic E-state index is 0.0949. The summed E-state index contributed by atoms with van der Waals surface area (Å²) in [7, 11) is 1.47. The number of aromatic nitrogens is 4. The van der Waals surface area contributed by atoms with Crippen LogP contribution < -0.4 is 5.69 Å². The molecule has 2 aromatic rings. The molecule has 0 aliphatic heterocycles. The van der Waals surface area contributed by atoms with Crippen LogP contribution in [0.15, 0.2) is 28.1 Å². The molecular weight excluding hydrogens is 277 g/mol. The summed E-state index contributed by atoms with van der Waals surface area (Å²) in [6.07, 6.45) is 0.744. The lowest BCUT2D eigenvalue weighted by Crippen LogP contribution is -2.23. The van der Waals surface area contributed by atoms with E-state index in [2.05, 4.69) is 15.6 Å². The number of nitrogens with zero attached hydrogens (tertiary/aromatic N) is 5. The van der Waals surface area contributed by atoms with Crippen LogP contribution in [-0.2, 0) is 18.5 Å². The van der Waals surface area contributed by atoms with Crippen molar-refractivity contribution >= 4 is 5.71 Å². The van der Waals surface area contributed by atoms with Crippen LogP contribution in [0.25, 0.3) is 5.69 Å². The maximum Gasteiger partial charge on any atom is 0.368 e. The lowest BCUT2D eigenvalue weighted by Gasteiger charge is -2.08. The maximum absolute atomic E-state index is 14.0. The van der Waals surface area contributed by atoms with Gasteiger partial charge < -0.3 is 4.84 Å². The van der Waals surface area contributed by atoms with Crippen molar-refractivity contribution in [1.82, 2.24) is 19.8 Å². The highest BCUT2D eigenvalue weighted by molar-refractivity contribution is 5.80. The van der Waals surface area contributed by atoms with E-state index in [1.165, 1.54) is 19.2 Å². The first-order chi connectivity index (χ1) is 10.0. The Labute approximate surface area is 120 Å². The Hall–Kier alpha value is -2.51. The highest BCUT2D eigenvalue weighted by Crippen LogP contribution is 2.17. The summed E-state index contributed by atoms with van der Waals surface area (Å²) < 4.78 is 16.1. The van der Waals surface area contributed by atoms with Crippen molar-refractivity contribution in [3.63, 3.8) is 0 Å². The molecular formula is C13H16FN5O2. The molecule has 0 bridgehead atoms. The second kappa shape index (κ2) is 6.29. The third-order valence-electron chi connectivity index (χ3n) is 2.98. The Bertz CT molecular complexity index is 720. The number of benzene rings is 1. The number of oxime groups is 1. The lowest BCUT2D eigenvalue weighted by atomic mass is 10.2. The highest BCUT2D eigenvalue weighted by atomic mass is 19.1. The van der Waals surface area contributed by atoms with Crippen LogP contribution in [0, 0.1) is 5.82 Å². The Balaban J connectivity index is 2.37. The van der Waals surface area contributed by atoms with Gasteiger partial charge in [0.25, 0.3) is 0 Å². The number of hydrogen-bond acceptors (Lipinski definition) is 5. The molecule has 0 aliphatic carbocycles. The molecule has 0 saturated carbocycles. The SMILES string of the molecule is CCC(C)=NOCc1c(F)cccc1-n1nnn(C)c1=O. The third kappa shape index (κ3) is 3.15. The Morgan fingerprint density at radius 2 is 2.19 bits per heavy atom. The van der Waals surface area contributed by atoms with Gasteiger partial charge >= 0.3 is 5.69 Å². The fourth-order valence-electron chi connectivity index (χ4n) is 1.62. The van der Waals surface area contributed by atoms with Gasteiger partial charge in [-0.1, -0.05) is 18.1 Å². The van der Waals surface area contributed by atoms with Gasteiger partial charge in [-0.05, 0) is 35.9 Å². The van der Waals surface area contributed by atoms with E-state index in [0.717, 1.165) is 21.5 Å². The minimum atomic E-state index is -0.491. The predicted molar refractivity (Wildman–Crippen MR) is 74.7 cm³/mol. The molecule has 1 heterocycles. The summed E-state index contributed by atoms with van der Waals surface area (Å²) in [6, 6.07) is 4.37. The normalized spacial score (nSPS) is 11.7. The topological polar surface area (TPSA) is 74.3 Å². The number of aryl methyl sites for hydroxylation is 1. The third-order valence-corrected chi connectivity index (χ3v) is 2.98. The van der Waals surface area contributed by atoms with Gasteiger partial charge in [0.1, 0.15) is 12.4 Å². The van der Waals surface area contributed by atoms with Gasteiger partial charge in [0.2, 0.25) is 0 Å². The molecule has 0 atom stereocenters. The van der Waals surface area contributed by atoms with Crippen molar-refractivity contribution < 1.29 is 9.23 Å². The van der Waals surface area contributed by atoms with E-state index in [-0.39, 0.29) is 17.9 Å². The van der Waals surface area contributed by atoms with Crippen LogP contribution in [0.3, 0.4) is 0 Å². The molecule has 0 unspecified atom stereocenters. The van der Waals surface area contributed by atoms with Gasteiger partial charge in [-0.3, -0.25) is 0 Å². The predicted octanol–water partition coefficient (Wildman–Crippen LogP) is 1.41. The molecule has 0 fully saturated rings. The first kappa shape index (κ1) is 14.9. The fraction of sp³-hybridized carbons (Fsp3) is 0.385. The van der Waals surface area contributed by atoms with Crippen LogP contribution in [0.5, 0.6) is 0 Å². The fourth-order valence-corrected chi connectivity index (χ4v) is 1.62. The standard InChI is InChI=1S/C13H16FN5O2/c1-4-9(2)15-21-8-10-11(14)6-5-7-12(10)19-13(20)18(3)16-17-19/h5-7H,4,8H2,1-3H3. The van der Waals surface area contributed by atoms with E-state index in [9.17, 15) is 9.18 Å². The Kier molecular flexibility index (Phi) is 4.46. The van der Waals surface area contributed by atoms with E-state index < -0.39 is 11.5 Å². The quantitative estimate of drug-likeness (QED) is 0.617. The summed E-state index contributed by atoms with van der Waals surface area (Å²) in [5.41, 5.74) is 0.824. The molecule has 2 rings (SSSR count). The summed E-state index contributed by atoms with van der Waals surface area (Å²) in [5, 5.41) is 11.2. The van der Waals surface area contributed by atoms with Gasteiger partial charge in [-0.15, -0.1) is 0 Å². The Morgan fingerprint density at radius 1 is 1.43 bits per heavy atom. The molecule has 21 heavy (non-hydrogen) atoms. The van der Waals surface area contributed by atoms with E-state index in [0.29, 0.717) is 0 Å². The van der Waals surface area contributed by atoms with E-state index in [1.54, 1.807) is 6.07 Å². The second-order valence-corrected chi connectivity index (χ2v) is 4.49. The molecule has 7 nitrogen and oxygen atoms in total. The molecule has 0 aliphatic rings. The number of tetrazole rings is 1. The lowest BCUT2D eigenvalue weighted by molar-refractivity contribution is 0.127. The molecule has 0 radical (unpaired) electrons. The van der Waals surface area contributed by atoms with Crippen molar-refractivity contribution in [2.45, 2.75) is 26.9 Å². The van der Waals surface area contributed by atoms with Crippen LogP contribution in [0.4, 0.5) is 4.39 Å². The summed E-state index contributed by atoms with van der Waals surface area (Å²) in [6.45, 7) is 3.66. The average molecular weight is 293 g/mol.